The third-order valence-electron chi connectivity index (χ3n) is 5.53. The van der Waals surface area contributed by atoms with Crippen LogP contribution >= 0.6 is 23.4 Å². The molecule has 0 aliphatic carbocycles. The van der Waals surface area contributed by atoms with Crippen LogP contribution < -0.4 is 5.32 Å². The summed E-state index contributed by atoms with van der Waals surface area (Å²) in [4.78, 5) is 28.3. The van der Waals surface area contributed by atoms with Crippen molar-refractivity contribution in [3.8, 4) is 0 Å². The zero-order valence-electron chi connectivity index (χ0n) is 19.1. The van der Waals surface area contributed by atoms with E-state index in [2.05, 4.69) is 50.4 Å². The molecule has 0 spiro atoms. The lowest BCUT2D eigenvalue weighted by atomic mass is 9.86. The average molecular weight is 475 g/mol. The number of halogens is 1. The van der Waals surface area contributed by atoms with Crippen LogP contribution in [0, 0.1) is 0 Å². The summed E-state index contributed by atoms with van der Waals surface area (Å²) in [5.41, 5.74) is 2.67. The van der Waals surface area contributed by atoms with Gasteiger partial charge in [0.25, 0.3) is 5.91 Å². The van der Waals surface area contributed by atoms with Gasteiger partial charge >= 0.3 is 0 Å². The maximum atomic E-state index is 13.6. The zero-order chi connectivity index (χ0) is 23.3. The molecule has 5 nitrogen and oxygen atoms in total. The molecular formula is C25H31ClN2O3S. The molecule has 0 saturated carbocycles. The maximum absolute atomic E-state index is 13.6. The van der Waals surface area contributed by atoms with E-state index in [4.69, 9.17) is 16.3 Å². The number of hydrogen-bond donors (Lipinski definition) is 1. The van der Waals surface area contributed by atoms with Gasteiger partial charge in [-0.3, -0.25) is 9.59 Å². The normalized spacial score (nSPS) is 18.6. The van der Waals surface area contributed by atoms with Crippen LogP contribution in [0.3, 0.4) is 0 Å². The Balaban J connectivity index is 1.89. The van der Waals surface area contributed by atoms with E-state index in [9.17, 15) is 9.59 Å². The lowest BCUT2D eigenvalue weighted by molar-refractivity contribution is -0.124. The smallest absolute Gasteiger partial charge is 0.257 e. The largest absolute Gasteiger partial charge is 0.385 e. The number of ether oxygens (including phenoxy) is 1. The van der Waals surface area contributed by atoms with E-state index in [0.717, 1.165) is 12.0 Å². The molecule has 1 aliphatic rings. The van der Waals surface area contributed by atoms with Crippen molar-refractivity contribution in [3.05, 3.63) is 70.2 Å². The number of amides is 2. The quantitative estimate of drug-likeness (QED) is 0.570. The van der Waals surface area contributed by atoms with E-state index < -0.39 is 6.04 Å². The van der Waals surface area contributed by atoms with Crippen LogP contribution in [-0.2, 0) is 14.9 Å². The summed E-state index contributed by atoms with van der Waals surface area (Å²) in [5.74, 6) is 0.142. The summed E-state index contributed by atoms with van der Waals surface area (Å²) in [6, 6.07) is 14.7. The molecule has 1 heterocycles. The monoisotopic (exact) mass is 474 g/mol. The van der Waals surface area contributed by atoms with Gasteiger partial charge < -0.3 is 15.0 Å². The predicted molar refractivity (Wildman–Crippen MR) is 131 cm³/mol. The van der Waals surface area contributed by atoms with Gasteiger partial charge in [0.2, 0.25) is 5.91 Å². The highest BCUT2D eigenvalue weighted by atomic mass is 35.5. The minimum Gasteiger partial charge on any atom is -0.385 e. The number of nitrogens with zero attached hydrogens (tertiary/aromatic N) is 1. The van der Waals surface area contributed by atoms with Gasteiger partial charge in [0, 0.05) is 26.0 Å². The van der Waals surface area contributed by atoms with Crippen LogP contribution in [0.2, 0.25) is 5.02 Å². The Morgan fingerprint density at radius 2 is 1.84 bits per heavy atom. The molecule has 2 aromatic carbocycles. The van der Waals surface area contributed by atoms with Gasteiger partial charge in [0.05, 0.1) is 10.6 Å². The number of carbonyl (C=O) groups excluding carboxylic acids is 2. The van der Waals surface area contributed by atoms with Crippen molar-refractivity contribution in [1.29, 1.82) is 0 Å². The van der Waals surface area contributed by atoms with Crippen molar-refractivity contribution in [3.63, 3.8) is 0 Å². The first kappa shape index (κ1) is 24.6. The van der Waals surface area contributed by atoms with Crippen molar-refractivity contribution in [2.24, 2.45) is 0 Å². The van der Waals surface area contributed by atoms with Gasteiger partial charge in [-0.15, -0.1) is 11.8 Å². The second-order valence-corrected chi connectivity index (χ2v) is 10.4. The van der Waals surface area contributed by atoms with Crippen molar-refractivity contribution < 1.29 is 14.3 Å². The molecule has 3 rings (SSSR count). The zero-order valence-corrected chi connectivity index (χ0v) is 20.6. The highest BCUT2D eigenvalue weighted by molar-refractivity contribution is 7.99. The van der Waals surface area contributed by atoms with Crippen LogP contribution in [-0.4, -0.2) is 48.8 Å². The number of thioether (sulfide) groups is 1. The van der Waals surface area contributed by atoms with Gasteiger partial charge in [0.15, 0.2) is 0 Å². The molecular weight excluding hydrogens is 444 g/mol. The molecule has 0 bridgehead atoms. The molecule has 1 fully saturated rings. The topological polar surface area (TPSA) is 58.6 Å². The Morgan fingerprint density at radius 1 is 1.16 bits per heavy atom. The minimum absolute atomic E-state index is 0.0407. The molecule has 1 saturated heterocycles. The number of hydrogen-bond acceptors (Lipinski definition) is 4. The van der Waals surface area contributed by atoms with Crippen molar-refractivity contribution in [2.45, 2.75) is 44.0 Å². The number of nitrogens with one attached hydrogen (secondary N) is 1. The molecule has 7 heteroatoms. The van der Waals surface area contributed by atoms with Crippen LogP contribution in [0.4, 0.5) is 0 Å². The molecule has 32 heavy (non-hydrogen) atoms. The predicted octanol–water partition coefficient (Wildman–Crippen LogP) is 5.05. The third kappa shape index (κ3) is 5.66. The van der Waals surface area contributed by atoms with Crippen molar-refractivity contribution in [2.75, 3.05) is 26.0 Å². The van der Waals surface area contributed by atoms with Crippen LogP contribution in [0.15, 0.2) is 48.5 Å². The van der Waals surface area contributed by atoms with Crippen molar-refractivity contribution in [1.82, 2.24) is 10.2 Å². The summed E-state index contributed by atoms with van der Waals surface area (Å²) >= 11 is 7.94. The molecule has 0 radical (unpaired) electrons. The summed E-state index contributed by atoms with van der Waals surface area (Å²) in [7, 11) is 1.63. The van der Waals surface area contributed by atoms with Gasteiger partial charge in [-0.25, -0.2) is 0 Å². The standard InChI is InChI=1S/C25H31ClN2O3S/c1-25(2,3)18-12-10-17(11-13-18)24-28(23(30)19-8-5-6-9-20(19)26)21(16-32-24)22(29)27-14-7-15-31-4/h5-6,8-13,21,24H,7,14-16H2,1-4H3,(H,27,29). The first-order valence-corrected chi connectivity index (χ1v) is 12.2. The van der Waals surface area contributed by atoms with E-state index in [-0.39, 0.29) is 22.6 Å². The van der Waals surface area contributed by atoms with E-state index in [1.165, 1.54) is 5.56 Å². The van der Waals surface area contributed by atoms with Gasteiger partial charge in [-0.05, 0) is 35.1 Å². The Kier molecular flexibility index (Phi) is 8.26. The Hall–Kier alpha value is -2.02. The lowest BCUT2D eigenvalue weighted by Gasteiger charge is -2.30. The minimum atomic E-state index is -0.571. The van der Waals surface area contributed by atoms with Gasteiger partial charge in [-0.2, -0.15) is 0 Å². The number of methoxy groups -OCH3 is 1. The second kappa shape index (κ2) is 10.7. The van der Waals surface area contributed by atoms with Crippen LogP contribution in [0.5, 0.6) is 0 Å². The molecule has 1 aliphatic heterocycles. The summed E-state index contributed by atoms with van der Waals surface area (Å²) in [6.45, 7) is 7.59. The average Bonchev–Trinajstić information content (AvgIpc) is 3.21. The molecule has 172 valence electrons. The number of rotatable bonds is 7. The SMILES string of the molecule is COCCCNC(=O)C1CSC(c2ccc(C(C)(C)C)cc2)N1C(=O)c1ccccc1Cl. The third-order valence-corrected chi connectivity index (χ3v) is 7.18. The summed E-state index contributed by atoms with van der Waals surface area (Å²) in [5, 5.41) is 3.08. The summed E-state index contributed by atoms with van der Waals surface area (Å²) in [6.07, 6.45) is 0.720. The van der Waals surface area contributed by atoms with E-state index >= 15 is 0 Å². The highest BCUT2D eigenvalue weighted by Gasteiger charge is 2.43. The van der Waals surface area contributed by atoms with Crippen LogP contribution in [0.1, 0.15) is 54.1 Å². The van der Waals surface area contributed by atoms with Gasteiger partial charge in [-0.1, -0.05) is 68.8 Å². The summed E-state index contributed by atoms with van der Waals surface area (Å²) < 4.78 is 5.05. The first-order valence-electron chi connectivity index (χ1n) is 10.8. The molecule has 1 N–H and O–H groups in total. The van der Waals surface area contributed by atoms with E-state index in [0.29, 0.717) is 29.5 Å². The fraction of sp³-hybridized carbons (Fsp3) is 0.440. The molecule has 2 unspecified atom stereocenters. The Labute approximate surface area is 199 Å². The number of carbonyl (C=O) groups is 2. The molecule has 2 amide bonds. The fourth-order valence-corrected chi connectivity index (χ4v) is 5.33. The molecule has 0 aromatic heterocycles. The lowest BCUT2D eigenvalue weighted by Crippen LogP contribution is -2.48. The first-order chi connectivity index (χ1) is 15.2. The Bertz CT molecular complexity index is 943. The van der Waals surface area contributed by atoms with Gasteiger partial charge in [0.1, 0.15) is 11.4 Å². The maximum Gasteiger partial charge on any atom is 0.257 e. The van der Waals surface area contributed by atoms with Crippen LogP contribution in [0.25, 0.3) is 0 Å². The van der Waals surface area contributed by atoms with E-state index in [1.807, 2.05) is 0 Å². The molecule has 2 atom stereocenters. The Morgan fingerprint density at radius 3 is 2.47 bits per heavy atom. The highest BCUT2D eigenvalue weighted by Crippen LogP contribution is 2.43. The molecule has 2 aromatic rings. The van der Waals surface area contributed by atoms with E-state index in [1.54, 1.807) is 48.0 Å². The fourth-order valence-electron chi connectivity index (χ4n) is 3.68. The van der Waals surface area contributed by atoms with Crippen molar-refractivity contribution >= 4 is 35.2 Å². The second-order valence-electron chi connectivity index (χ2n) is 8.90. The number of benzene rings is 2.